The molecule has 1 aromatic carbocycles. The predicted molar refractivity (Wildman–Crippen MR) is 85.1 cm³/mol. The molecule has 0 spiro atoms. The Hall–Kier alpha value is -1.81. The zero-order chi connectivity index (χ0) is 14.7. The van der Waals surface area contributed by atoms with Crippen molar-refractivity contribution in [1.82, 2.24) is 5.32 Å². The van der Waals surface area contributed by atoms with E-state index < -0.39 is 0 Å². The van der Waals surface area contributed by atoms with E-state index in [0.717, 1.165) is 29.0 Å². The molecule has 0 saturated heterocycles. The van der Waals surface area contributed by atoms with Crippen molar-refractivity contribution in [2.24, 2.45) is 0 Å². The van der Waals surface area contributed by atoms with E-state index in [1.165, 1.54) is 23.3 Å². The average Bonchev–Trinajstić information content (AvgIpc) is 2.97. The van der Waals surface area contributed by atoms with Gasteiger partial charge in [-0.2, -0.15) is 0 Å². The number of hydrogen-bond donors (Lipinski definition) is 1. The first-order valence-corrected chi connectivity index (χ1v) is 8.10. The van der Waals surface area contributed by atoms with Crippen LogP contribution in [-0.4, -0.2) is 13.0 Å². The maximum atomic E-state index is 12.2. The van der Waals surface area contributed by atoms with Crippen molar-refractivity contribution in [3.63, 3.8) is 0 Å². The Morgan fingerprint density at radius 3 is 2.71 bits per heavy atom. The third-order valence-corrected chi connectivity index (χ3v) is 5.07. The number of carbonyl (C=O) groups is 1. The molecule has 0 saturated carbocycles. The molecule has 1 amide bonds. The first-order chi connectivity index (χ1) is 10.3. The Kier molecular flexibility index (Phi) is 4.25. The second-order valence-corrected chi connectivity index (χ2v) is 6.43. The largest absolute Gasteiger partial charge is 0.497 e. The smallest absolute Gasteiger partial charge is 0.261 e. The highest BCUT2D eigenvalue weighted by Gasteiger charge is 2.16. The molecule has 0 atom stereocenters. The van der Waals surface area contributed by atoms with Gasteiger partial charge in [0, 0.05) is 11.4 Å². The van der Waals surface area contributed by atoms with Crippen molar-refractivity contribution >= 4 is 17.2 Å². The summed E-state index contributed by atoms with van der Waals surface area (Å²) in [6, 6.07) is 9.83. The molecule has 0 aliphatic heterocycles. The van der Waals surface area contributed by atoms with Gasteiger partial charge in [-0.15, -0.1) is 11.3 Å². The maximum absolute atomic E-state index is 12.2. The van der Waals surface area contributed by atoms with E-state index in [2.05, 4.69) is 11.4 Å². The van der Waals surface area contributed by atoms with Crippen molar-refractivity contribution < 1.29 is 9.53 Å². The maximum Gasteiger partial charge on any atom is 0.261 e. The first kappa shape index (κ1) is 14.1. The summed E-state index contributed by atoms with van der Waals surface area (Å²) in [4.78, 5) is 14.5. The van der Waals surface area contributed by atoms with Crippen LogP contribution in [0.3, 0.4) is 0 Å². The minimum atomic E-state index is 0.0326. The topological polar surface area (TPSA) is 38.3 Å². The lowest BCUT2D eigenvalue weighted by atomic mass is 9.99. The number of amides is 1. The fraction of sp³-hybridized carbons (Fsp3) is 0.353. The van der Waals surface area contributed by atoms with Gasteiger partial charge in [0.2, 0.25) is 0 Å². The second-order valence-electron chi connectivity index (χ2n) is 5.30. The molecule has 3 rings (SSSR count). The molecule has 0 bridgehead atoms. The van der Waals surface area contributed by atoms with Crippen LogP contribution in [0.4, 0.5) is 0 Å². The zero-order valence-electron chi connectivity index (χ0n) is 12.1. The molecule has 0 unspecified atom stereocenters. The molecule has 110 valence electrons. The minimum Gasteiger partial charge on any atom is -0.497 e. The summed E-state index contributed by atoms with van der Waals surface area (Å²) >= 11 is 1.65. The van der Waals surface area contributed by atoms with Crippen molar-refractivity contribution in [1.29, 1.82) is 0 Å². The van der Waals surface area contributed by atoms with Crippen molar-refractivity contribution in [2.45, 2.75) is 32.2 Å². The van der Waals surface area contributed by atoms with Gasteiger partial charge in [-0.3, -0.25) is 4.79 Å². The average molecular weight is 301 g/mol. The number of methoxy groups -OCH3 is 1. The number of carbonyl (C=O) groups excluding carboxylic acids is 1. The van der Waals surface area contributed by atoms with Crippen LogP contribution < -0.4 is 10.1 Å². The standard InChI is InChI=1S/C17H19NO2S/c1-20-14-8-6-12(7-9-14)11-18-17(19)16-10-13-4-2-3-5-15(13)21-16/h6-10H,2-5,11H2,1H3,(H,18,19). The van der Waals surface area contributed by atoms with Gasteiger partial charge in [-0.25, -0.2) is 0 Å². The predicted octanol–water partition coefficient (Wildman–Crippen LogP) is 3.57. The lowest BCUT2D eigenvalue weighted by Gasteiger charge is -2.08. The summed E-state index contributed by atoms with van der Waals surface area (Å²) in [6.07, 6.45) is 4.75. The highest BCUT2D eigenvalue weighted by Crippen LogP contribution is 2.29. The summed E-state index contributed by atoms with van der Waals surface area (Å²) in [6.45, 7) is 0.547. The van der Waals surface area contributed by atoms with E-state index >= 15 is 0 Å². The molecule has 0 radical (unpaired) electrons. The fourth-order valence-corrected chi connectivity index (χ4v) is 3.79. The molecular formula is C17H19NO2S. The van der Waals surface area contributed by atoms with Crippen LogP contribution in [0, 0.1) is 0 Å². The van der Waals surface area contributed by atoms with Crippen molar-refractivity contribution in [3.8, 4) is 5.75 Å². The number of fused-ring (bicyclic) bond motifs is 1. The summed E-state index contributed by atoms with van der Waals surface area (Å²) in [7, 11) is 1.65. The Balaban J connectivity index is 1.61. The van der Waals surface area contributed by atoms with E-state index in [-0.39, 0.29) is 5.91 Å². The van der Waals surface area contributed by atoms with Gasteiger partial charge in [0.15, 0.2) is 0 Å². The summed E-state index contributed by atoms with van der Waals surface area (Å²) in [5.41, 5.74) is 2.45. The fourth-order valence-electron chi connectivity index (χ4n) is 2.62. The molecule has 0 fully saturated rings. The van der Waals surface area contributed by atoms with Gasteiger partial charge in [-0.05, 0) is 55.0 Å². The molecule has 1 aliphatic carbocycles. The van der Waals surface area contributed by atoms with E-state index in [4.69, 9.17) is 4.74 Å². The quantitative estimate of drug-likeness (QED) is 0.937. The van der Waals surface area contributed by atoms with E-state index in [0.29, 0.717) is 6.54 Å². The lowest BCUT2D eigenvalue weighted by molar-refractivity contribution is 0.0955. The Morgan fingerprint density at radius 2 is 2.00 bits per heavy atom. The Labute approximate surface area is 129 Å². The number of ether oxygens (including phenoxy) is 1. The molecule has 1 N–H and O–H groups in total. The molecule has 1 heterocycles. The van der Waals surface area contributed by atoms with E-state index in [1.807, 2.05) is 24.3 Å². The molecule has 21 heavy (non-hydrogen) atoms. The van der Waals surface area contributed by atoms with Gasteiger partial charge in [-0.1, -0.05) is 12.1 Å². The number of thiophene rings is 1. The number of aryl methyl sites for hydroxylation is 2. The van der Waals surface area contributed by atoms with Gasteiger partial charge < -0.3 is 10.1 Å². The molecular weight excluding hydrogens is 282 g/mol. The monoisotopic (exact) mass is 301 g/mol. The van der Waals surface area contributed by atoms with Crippen LogP contribution in [0.15, 0.2) is 30.3 Å². The van der Waals surface area contributed by atoms with Crippen LogP contribution in [0.5, 0.6) is 5.75 Å². The van der Waals surface area contributed by atoms with Gasteiger partial charge >= 0.3 is 0 Å². The van der Waals surface area contributed by atoms with Crippen LogP contribution in [0.2, 0.25) is 0 Å². The number of hydrogen-bond acceptors (Lipinski definition) is 3. The zero-order valence-corrected chi connectivity index (χ0v) is 13.0. The summed E-state index contributed by atoms with van der Waals surface area (Å²) in [5, 5.41) is 2.99. The van der Waals surface area contributed by atoms with Gasteiger partial charge in [0.1, 0.15) is 5.75 Å². The molecule has 1 aromatic heterocycles. The van der Waals surface area contributed by atoms with E-state index in [9.17, 15) is 4.79 Å². The third-order valence-electron chi connectivity index (χ3n) is 3.83. The van der Waals surface area contributed by atoms with Crippen LogP contribution in [0.1, 0.15) is 38.5 Å². The van der Waals surface area contributed by atoms with Gasteiger partial charge in [0.25, 0.3) is 5.91 Å². The van der Waals surface area contributed by atoms with Crippen molar-refractivity contribution in [3.05, 3.63) is 51.2 Å². The third kappa shape index (κ3) is 3.27. The molecule has 4 heteroatoms. The first-order valence-electron chi connectivity index (χ1n) is 7.29. The van der Waals surface area contributed by atoms with E-state index in [1.54, 1.807) is 18.4 Å². The molecule has 1 aliphatic rings. The normalized spacial score (nSPS) is 13.6. The number of benzene rings is 1. The minimum absolute atomic E-state index is 0.0326. The molecule has 2 aromatic rings. The number of rotatable bonds is 4. The van der Waals surface area contributed by atoms with Crippen LogP contribution >= 0.6 is 11.3 Å². The van der Waals surface area contributed by atoms with Gasteiger partial charge in [0.05, 0.1) is 12.0 Å². The van der Waals surface area contributed by atoms with Crippen LogP contribution in [0.25, 0.3) is 0 Å². The highest BCUT2D eigenvalue weighted by atomic mass is 32.1. The summed E-state index contributed by atoms with van der Waals surface area (Å²) in [5.74, 6) is 0.862. The Morgan fingerprint density at radius 1 is 1.24 bits per heavy atom. The van der Waals surface area contributed by atoms with Crippen molar-refractivity contribution in [2.75, 3.05) is 7.11 Å². The second kappa shape index (κ2) is 6.31. The summed E-state index contributed by atoms with van der Waals surface area (Å²) < 4.78 is 5.12. The van der Waals surface area contributed by atoms with Crippen LogP contribution in [-0.2, 0) is 19.4 Å². The number of nitrogens with one attached hydrogen (secondary N) is 1. The highest BCUT2D eigenvalue weighted by molar-refractivity contribution is 7.14. The Bertz CT molecular complexity index is 607. The SMILES string of the molecule is COc1ccc(CNC(=O)c2cc3c(s2)CCCC3)cc1. The molecule has 3 nitrogen and oxygen atoms in total. The lowest BCUT2D eigenvalue weighted by Crippen LogP contribution is -2.21.